The predicted octanol–water partition coefficient (Wildman–Crippen LogP) is 5.69. The number of hydrogen-bond acceptors (Lipinski definition) is 5. The number of carbonyl (C=O) groups excluding carboxylic acids is 1. The molecular formula is C25H30ClN3O2. The fourth-order valence-electron chi connectivity index (χ4n) is 4.98. The molecule has 164 valence electrons. The van der Waals surface area contributed by atoms with E-state index in [-0.39, 0.29) is 12.0 Å². The van der Waals surface area contributed by atoms with E-state index in [1.165, 1.54) is 20.0 Å². The maximum atomic E-state index is 12.0. The summed E-state index contributed by atoms with van der Waals surface area (Å²) < 4.78 is 4.90. The van der Waals surface area contributed by atoms with E-state index in [9.17, 15) is 4.79 Å². The van der Waals surface area contributed by atoms with E-state index in [2.05, 4.69) is 18.9 Å². The first kappa shape index (κ1) is 21.7. The number of fused-ring (bicyclic) bond motifs is 3. The van der Waals surface area contributed by atoms with Crippen molar-refractivity contribution in [2.45, 2.75) is 52.0 Å². The molecule has 2 aromatic rings. The molecule has 3 atom stereocenters. The van der Waals surface area contributed by atoms with E-state index in [1.807, 2.05) is 36.4 Å². The number of hydrogen-bond donors (Lipinski definition) is 1. The second kappa shape index (κ2) is 8.91. The summed E-state index contributed by atoms with van der Waals surface area (Å²) in [6.07, 6.45) is 5.49. The van der Waals surface area contributed by atoms with Crippen LogP contribution in [0, 0.1) is 11.8 Å². The number of anilines is 2. The first-order valence-electron chi connectivity index (χ1n) is 11.1. The SMILES string of the molecule is CCCCC(C)C1C2CCc3cc(C(=O)OC)ccc3C2=NN1c1ccc(N)c(Cl)c1. The molecule has 0 aromatic heterocycles. The molecule has 0 bridgehead atoms. The highest BCUT2D eigenvalue weighted by atomic mass is 35.5. The number of hydrazone groups is 1. The predicted molar refractivity (Wildman–Crippen MR) is 127 cm³/mol. The normalized spacial score (nSPS) is 20.6. The van der Waals surface area contributed by atoms with E-state index in [0.29, 0.717) is 28.1 Å². The summed E-state index contributed by atoms with van der Waals surface area (Å²) in [5.41, 5.74) is 11.5. The molecule has 0 spiro atoms. The average Bonchev–Trinajstić information content (AvgIpc) is 3.18. The summed E-state index contributed by atoms with van der Waals surface area (Å²) in [5.74, 6) is 0.528. The van der Waals surface area contributed by atoms with Gasteiger partial charge in [0.2, 0.25) is 0 Å². The molecule has 0 radical (unpaired) electrons. The Morgan fingerprint density at radius 3 is 2.84 bits per heavy atom. The molecule has 2 aromatic carbocycles. The molecule has 5 nitrogen and oxygen atoms in total. The Kier molecular flexibility index (Phi) is 6.24. The van der Waals surface area contributed by atoms with E-state index in [0.717, 1.165) is 41.8 Å². The minimum Gasteiger partial charge on any atom is -0.465 e. The Labute approximate surface area is 189 Å². The third-order valence-electron chi connectivity index (χ3n) is 6.63. The first-order chi connectivity index (χ1) is 14.9. The van der Waals surface area contributed by atoms with E-state index >= 15 is 0 Å². The standard InChI is InChI=1S/C25H30ClN3O2/c1-4-5-6-15(2)24-20-11-7-16-13-17(25(30)31-3)8-10-19(16)23(20)28-29(24)18-9-12-22(27)21(26)14-18/h8-10,12-15,20,24H,4-7,11,27H2,1-3H3. The van der Waals surface area contributed by atoms with Gasteiger partial charge in [0.15, 0.2) is 0 Å². The lowest BCUT2D eigenvalue weighted by Crippen LogP contribution is -2.40. The van der Waals surface area contributed by atoms with Gasteiger partial charge in [0.05, 0.1) is 40.8 Å². The molecule has 1 aliphatic carbocycles. The first-order valence-corrected chi connectivity index (χ1v) is 11.5. The summed E-state index contributed by atoms with van der Waals surface area (Å²) in [5, 5.41) is 7.85. The quantitative estimate of drug-likeness (QED) is 0.463. The Balaban J connectivity index is 1.75. The monoisotopic (exact) mass is 439 g/mol. The highest BCUT2D eigenvalue weighted by Crippen LogP contribution is 2.42. The van der Waals surface area contributed by atoms with Crippen LogP contribution >= 0.6 is 11.6 Å². The van der Waals surface area contributed by atoms with Gasteiger partial charge in [-0.15, -0.1) is 0 Å². The smallest absolute Gasteiger partial charge is 0.337 e. The second-order valence-electron chi connectivity index (χ2n) is 8.65. The van der Waals surface area contributed by atoms with Crippen molar-refractivity contribution < 1.29 is 9.53 Å². The molecular weight excluding hydrogens is 410 g/mol. The third kappa shape index (κ3) is 4.03. The van der Waals surface area contributed by atoms with Gasteiger partial charge in [-0.3, -0.25) is 5.01 Å². The molecule has 0 fully saturated rings. The number of aryl methyl sites for hydroxylation is 1. The van der Waals surface area contributed by atoms with Crippen molar-refractivity contribution in [1.29, 1.82) is 0 Å². The molecule has 31 heavy (non-hydrogen) atoms. The minimum absolute atomic E-state index is 0.273. The maximum Gasteiger partial charge on any atom is 0.337 e. The van der Waals surface area contributed by atoms with E-state index < -0.39 is 0 Å². The second-order valence-corrected chi connectivity index (χ2v) is 9.06. The number of nitrogens with two attached hydrogens (primary N) is 1. The maximum absolute atomic E-state index is 12.0. The molecule has 6 heteroatoms. The van der Waals surface area contributed by atoms with Gasteiger partial charge >= 0.3 is 5.97 Å². The van der Waals surface area contributed by atoms with Crippen molar-refractivity contribution >= 4 is 34.7 Å². The minimum atomic E-state index is -0.303. The highest BCUT2D eigenvalue weighted by Gasteiger charge is 2.43. The van der Waals surface area contributed by atoms with Crippen LogP contribution in [0.5, 0.6) is 0 Å². The van der Waals surface area contributed by atoms with Crippen LogP contribution < -0.4 is 10.7 Å². The zero-order valence-corrected chi connectivity index (χ0v) is 19.2. The molecule has 0 saturated heterocycles. The number of nitrogen functional groups attached to an aromatic ring is 1. The summed E-state index contributed by atoms with van der Waals surface area (Å²) in [7, 11) is 1.41. The summed E-state index contributed by atoms with van der Waals surface area (Å²) in [6, 6.07) is 11.9. The van der Waals surface area contributed by atoms with E-state index in [1.54, 1.807) is 0 Å². The van der Waals surface area contributed by atoms with Crippen molar-refractivity contribution in [3.8, 4) is 0 Å². The number of esters is 1. The Morgan fingerprint density at radius 2 is 2.13 bits per heavy atom. The summed E-state index contributed by atoms with van der Waals surface area (Å²) >= 11 is 6.35. The van der Waals surface area contributed by atoms with Crippen molar-refractivity contribution in [1.82, 2.24) is 0 Å². The average molecular weight is 440 g/mol. The lowest BCUT2D eigenvalue weighted by molar-refractivity contribution is 0.0600. The Hall–Kier alpha value is -2.53. The van der Waals surface area contributed by atoms with Gasteiger partial charge in [-0.05, 0) is 61.1 Å². The van der Waals surface area contributed by atoms with Gasteiger partial charge in [-0.25, -0.2) is 4.79 Å². The highest BCUT2D eigenvalue weighted by molar-refractivity contribution is 6.33. The van der Waals surface area contributed by atoms with Crippen LogP contribution in [0.25, 0.3) is 0 Å². The lowest BCUT2D eigenvalue weighted by atomic mass is 9.74. The number of carbonyl (C=O) groups is 1. The molecule has 1 aliphatic heterocycles. The topological polar surface area (TPSA) is 67.9 Å². The number of ether oxygens (including phenoxy) is 1. The number of nitrogens with zero attached hydrogens (tertiary/aromatic N) is 2. The number of benzene rings is 2. The molecule has 0 saturated carbocycles. The van der Waals surface area contributed by atoms with Gasteiger partial charge in [0, 0.05) is 11.5 Å². The summed E-state index contributed by atoms with van der Waals surface area (Å²) in [4.78, 5) is 12.0. The number of rotatable bonds is 6. The molecule has 0 amide bonds. The van der Waals surface area contributed by atoms with Gasteiger partial charge in [-0.1, -0.05) is 44.4 Å². The van der Waals surface area contributed by atoms with Gasteiger partial charge in [-0.2, -0.15) is 5.10 Å². The Bertz CT molecular complexity index is 1020. The molecule has 2 aliphatic rings. The molecule has 1 heterocycles. The number of methoxy groups -OCH3 is 1. The molecule has 2 N–H and O–H groups in total. The number of halogens is 1. The van der Waals surface area contributed by atoms with Crippen LogP contribution in [0.4, 0.5) is 11.4 Å². The third-order valence-corrected chi connectivity index (χ3v) is 6.96. The molecule has 3 unspecified atom stereocenters. The van der Waals surface area contributed by atoms with Crippen LogP contribution in [0.1, 0.15) is 61.0 Å². The van der Waals surface area contributed by atoms with Crippen molar-refractivity contribution in [3.05, 3.63) is 58.1 Å². The Morgan fingerprint density at radius 1 is 1.32 bits per heavy atom. The van der Waals surface area contributed by atoms with Crippen molar-refractivity contribution in [3.63, 3.8) is 0 Å². The van der Waals surface area contributed by atoms with Crippen LogP contribution in [0.3, 0.4) is 0 Å². The van der Waals surface area contributed by atoms with Crippen LogP contribution in [0.2, 0.25) is 5.02 Å². The fraction of sp³-hybridized carbons (Fsp3) is 0.440. The molecule has 4 rings (SSSR count). The van der Waals surface area contributed by atoms with Gasteiger partial charge < -0.3 is 10.5 Å². The van der Waals surface area contributed by atoms with Crippen molar-refractivity contribution in [2.75, 3.05) is 17.9 Å². The van der Waals surface area contributed by atoms with Gasteiger partial charge in [0.25, 0.3) is 0 Å². The summed E-state index contributed by atoms with van der Waals surface area (Å²) in [6.45, 7) is 4.57. The lowest BCUT2D eigenvalue weighted by Gasteiger charge is -2.34. The zero-order valence-electron chi connectivity index (χ0n) is 18.4. The van der Waals surface area contributed by atoms with Crippen molar-refractivity contribution in [2.24, 2.45) is 16.9 Å². The largest absolute Gasteiger partial charge is 0.465 e. The number of unbranched alkanes of at least 4 members (excludes halogenated alkanes) is 1. The zero-order chi connectivity index (χ0) is 22.1. The van der Waals surface area contributed by atoms with Gasteiger partial charge in [0.1, 0.15) is 0 Å². The van der Waals surface area contributed by atoms with Crippen LogP contribution in [-0.2, 0) is 11.2 Å². The van der Waals surface area contributed by atoms with Crippen LogP contribution in [-0.4, -0.2) is 24.8 Å². The van der Waals surface area contributed by atoms with E-state index in [4.69, 9.17) is 27.2 Å². The van der Waals surface area contributed by atoms with Crippen LogP contribution in [0.15, 0.2) is 41.5 Å². The fourth-order valence-corrected chi connectivity index (χ4v) is 5.15.